The molecular weight excluding hydrogens is 304 g/mol. The summed E-state index contributed by atoms with van der Waals surface area (Å²) >= 11 is 0. The molecule has 0 aliphatic carbocycles. The van der Waals surface area contributed by atoms with E-state index in [-0.39, 0.29) is 11.5 Å². The van der Waals surface area contributed by atoms with Crippen LogP contribution in [0, 0.1) is 0 Å². The molecule has 0 fully saturated rings. The number of ether oxygens (including phenoxy) is 2. The largest absolute Gasteiger partial charge is 0.490 e. The van der Waals surface area contributed by atoms with Gasteiger partial charge in [0.2, 0.25) is 0 Å². The van der Waals surface area contributed by atoms with E-state index in [0.717, 1.165) is 12.1 Å². The molecule has 0 aliphatic heterocycles. The second-order valence-electron chi connectivity index (χ2n) is 4.46. The van der Waals surface area contributed by atoms with Gasteiger partial charge in [-0.3, -0.25) is 0 Å². The van der Waals surface area contributed by atoms with Crippen LogP contribution in [0.3, 0.4) is 0 Å². The van der Waals surface area contributed by atoms with Crippen molar-refractivity contribution in [3.8, 4) is 11.5 Å². The average molecular weight is 327 g/mol. The third-order valence-corrected chi connectivity index (χ3v) is 2.70. The fraction of sp³-hybridized carbons (Fsp3) is 0.438. The van der Waals surface area contributed by atoms with Crippen molar-refractivity contribution in [1.82, 2.24) is 10.6 Å². The lowest BCUT2D eigenvalue weighted by molar-refractivity contribution is -0.0514. The molecule has 0 aliphatic rings. The minimum absolute atomic E-state index is 0.0197. The normalized spacial score (nSPS) is 11.3. The molecule has 0 aromatic heterocycles. The van der Waals surface area contributed by atoms with Gasteiger partial charge in [0.25, 0.3) is 0 Å². The Morgan fingerprint density at radius 1 is 1.30 bits per heavy atom. The predicted octanol–water partition coefficient (Wildman–Crippen LogP) is 2.93. The molecule has 23 heavy (non-hydrogen) atoms. The summed E-state index contributed by atoms with van der Waals surface area (Å²) in [6.07, 6.45) is 1.73. The molecule has 0 saturated carbocycles. The van der Waals surface area contributed by atoms with Gasteiger partial charge in [-0.1, -0.05) is 12.1 Å². The van der Waals surface area contributed by atoms with Gasteiger partial charge in [0.1, 0.15) is 0 Å². The molecule has 128 valence electrons. The van der Waals surface area contributed by atoms with Gasteiger partial charge in [0, 0.05) is 13.1 Å². The smallest absolute Gasteiger partial charge is 0.387 e. The number of aliphatic imine (C=N–C) groups is 1. The summed E-state index contributed by atoms with van der Waals surface area (Å²) in [5.41, 5.74) is 0.825. The van der Waals surface area contributed by atoms with Crippen molar-refractivity contribution < 1.29 is 18.3 Å². The van der Waals surface area contributed by atoms with Gasteiger partial charge in [0.15, 0.2) is 17.5 Å². The maximum Gasteiger partial charge on any atom is 0.387 e. The van der Waals surface area contributed by atoms with Crippen molar-refractivity contribution in [3.05, 3.63) is 36.4 Å². The molecule has 7 heteroatoms. The number of nitrogens with zero attached hydrogens (tertiary/aromatic N) is 1. The van der Waals surface area contributed by atoms with Crippen molar-refractivity contribution in [2.45, 2.75) is 27.0 Å². The predicted molar refractivity (Wildman–Crippen MR) is 87.3 cm³/mol. The lowest BCUT2D eigenvalue weighted by Gasteiger charge is -2.13. The standard InChI is InChI=1S/C16H23F2N3O2/c1-4-9-20-16(19-5-2)21-11-12-7-8-13(23-15(17)18)14(10-12)22-6-3/h4,7-8,10,15H,1,5-6,9,11H2,2-3H3,(H2,19,20,21). The molecule has 1 aromatic rings. The Balaban J connectivity index is 2.86. The van der Waals surface area contributed by atoms with Crippen LogP contribution in [0.15, 0.2) is 35.8 Å². The summed E-state index contributed by atoms with van der Waals surface area (Å²) < 4.78 is 34.5. The van der Waals surface area contributed by atoms with Gasteiger partial charge >= 0.3 is 6.61 Å². The Morgan fingerprint density at radius 3 is 2.70 bits per heavy atom. The highest BCUT2D eigenvalue weighted by molar-refractivity contribution is 5.79. The van der Waals surface area contributed by atoms with E-state index in [1.54, 1.807) is 25.1 Å². The molecular formula is C16H23F2N3O2. The minimum atomic E-state index is -2.89. The Bertz CT molecular complexity index is 522. The van der Waals surface area contributed by atoms with Crippen molar-refractivity contribution in [3.63, 3.8) is 0 Å². The second kappa shape index (κ2) is 10.4. The summed E-state index contributed by atoms with van der Waals surface area (Å²) in [6, 6.07) is 4.80. The lowest BCUT2D eigenvalue weighted by atomic mass is 10.2. The van der Waals surface area contributed by atoms with Crippen molar-refractivity contribution >= 4 is 5.96 Å². The van der Waals surface area contributed by atoms with Crippen molar-refractivity contribution in [2.75, 3.05) is 19.7 Å². The zero-order valence-corrected chi connectivity index (χ0v) is 13.4. The molecule has 2 N–H and O–H groups in total. The van der Waals surface area contributed by atoms with Gasteiger partial charge in [-0.15, -0.1) is 6.58 Å². The molecule has 0 amide bonds. The van der Waals surface area contributed by atoms with E-state index < -0.39 is 6.61 Å². The van der Waals surface area contributed by atoms with Crippen LogP contribution in [0.4, 0.5) is 8.78 Å². The van der Waals surface area contributed by atoms with Crippen LogP contribution in [-0.4, -0.2) is 32.3 Å². The maximum absolute atomic E-state index is 12.4. The number of nitrogens with one attached hydrogen (secondary N) is 2. The Labute approximate surface area is 135 Å². The first-order valence-electron chi connectivity index (χ1n) is 7.44. The summed E-state index contributed by atoms with van der Waals surface area (Å²) in [7, 11) is 0. The summed E-state index contributed by atoms with van der Waals surface area (Å²) in [6.45, 7) is 6.55. The first-order valence-corrected chi connectivity index (χ1v) is 7.44. The highest BCUT2D eigenvalue weighted by atomic mass is 19.3. The molecule has 0 bridgehead atoms. The highest BCUT2D eigenvalue weighted by Crippen LogP contribution is 2.30. The van der Waals surface area contributed by atoms with E-state index in [9.17, 15) is 8.78 Å². The molecule has 0 spiro atoms. The van der Waals surface area contributed by atoms with E-state index in [0.29, 0.717) is 25.7 Å². The molecule has 1 aromatic carbocycles. The lowest BCUT2D eigenvalue weighted by Crippen LogP contribution is -2.37. The average Bonchev–Trinajstić information content (AvgIpc) is 2.52. The van der Waals surface area contributed by atoms with Crippen LogP contribution in [-0.2, 0) is 6.54 Å². The maximum atomic E-state index is 12.4. The fourth-order valence-corrected chi connectivity index (χ4v) is 1.79. The van der Waals surface area contributed by atoms with Crippen LogP contribution in [0.2, 0.25) is 0 Å². The molecule has 1 rings (SSSR count). The molecule has 0 unspecified atom stereocenters. The zero-order valence-electron chi connectivity index (χ0n) is 13.4. The number of hydrogen-bond acceptors (Lipinski definition) is 3. The SMILES string of the molecule is C=CCNC(=NCc1ccc(OC(F)F)c(OCC)c1)NCC. The first-order chi connectivity index (χ1) is 11.1. The summed E-state index contributed by atoms with van der Waals surface area (Å²) in [4.78, 5) is 4.42. The van der Waals surface area contributed by atoms with Crippen LogP contribution in [0.5, 0.6) is 11.5 Å². The van der Waals surface area contributed by atoms with Crippen molar-refractivity contribution in [2.24, 2.45) is 4.99 Å². The monoisotopic (exact) mass is 327 g/mol. The molecule has 5 nitrogen and oxygen atoms in total. The molecule has 0 radical (unpaired) electrons. The summed E-state index contributed by atoms with van der Waals surface area (Å²) in [5, 5.41) is 6.18. The van der Waals surface area contributed by atoms with E-state index in [2.05, 4.69) is 26.9 Å². The van der Waals surface area contributed by atoms with E-state index >= 15 is 0 Å². The van der Waals surface area contributed by atoms with Gasteiger partial charge < -0.3 is 20.1 Å². The van der Waals surface area contributed by atoms with E-state index in [4.69, 9.17) is 4.74 Å². The zero-order chi connectivity index (χ0) is 17.1. The minimum Gasteiger partial charge on any atom is -0.490 e. The number of halogens is 2. The number of guanidine groups is 1. The van der Waals surface area contributed by atoms with Crippen LogP contribution < -0.4 is 20.1 Å². The van der Waals surface area contributed by atoms with Gasteiger partial charge in [-0.2, -0.15) is 8.78 Å². The van der Waals surface area contributed by atoms with Crippen LogP contribution in [0.1, 0.15) is 19.4 Å². The van der Waals surface area contributed by atoms with Crippen LogP contribution >= 0.6 is 0 Å². The number of benzene rings is 1. The third kappa shape index (κ3) is 6.99. The summed E-state index contributed by atoms with van der Waals surface area (Å²) in [5.74, 6) is 0.953. The first kappa shape index (κ1) is 18.7. The van der Waals surface area contributed by atoms with Gasteiger partial charge in [-0.25, -0.2) is 4.99 Å². The molecule has 0 saturated heterocycles. The van der Waals surface area contributed by atoms with E-state index in [1.807, 2.05) is 6.92 Å². The van der Waals surface area contributed by atoms with Crippen LogP contribution in [0.25, 0.3) is 0 Å². The second-order valence-corrected chi connectivity index (χ2v) is 4.46. The quantitative estimate of drug-likeness (QED) is 0.416. The van der Waals surface area contributed by atoms with E-state index in [1.165, 1.54) is 6.07 Å². The topological polar surface area (TPSA) is 54.9 Å². The van der Waals surface area contributed by atoms with Gasteiger partial charge in [0.05, 0.1) is 13.2 Å². The third-order valence-electron chi connectivity index (χ3n) is 2.70. The Morgan fingerprint density at radius 2 is 2.09 bits per heavy atom. The Kier molecular flexibility index (Phi) is 8.49. The Hall–Kier alpha value is -2.31. The molecule has 0 heterocycles. The highest BCUT2D eigenvalue weighted by Gasteiger charge is 2.11. The number of rotatable bonds is 9. The number of hydrogen-bond donors (Lipinski definition) is 2. The fourth-order valence-electron chi connectivity index (χ4n) is 1.79. The van der Waals surface area contributed by atoms with Crippen molar-refractivity contribution in [1.29, 1.82) is 0 Å². The van der Waals surface area contributed by atoms with Gasteiger partial charge in [-0.05, 0) is 31.5 Å². The number of alkyl halides is 2. The molecule has 0 atom stereocenters.